The fourth-order valence-electron chi connectivity index (χ4n) is 3.54. The van der Waals surface area contributed by atoms with E-state index < -0.39 is 5.97 Å². The van der Waals surface area contributed by atoms with Gasteiger partial charge < -0.3 is 9.40 Å². The summed E-state index contributed by atoms with van der Waals surface area (Å²) < 4.78 is 2.19. The number of halogens is 2. The minimum Gasteiger partial charge on any atom is -0.347 e. The van der Waals surface area contributed by atoms with Gasteiger partial charge in [0.15, 0.2) is 0 Å². The summed E-state index contributed by atoms with van der Waals surface area (Å²) >= 11 is 12.1. The van der Waals surface area contributed by atoms with E-state index in [2.05, 4.69) is 28.9 Å². The fraction of sp³-hybridized carbons (Fsp3) is 0.200. The second kappa shape index (κ2) is 6.78. The molecule has 0 radical (unpaired) electrons. The zero-order chi connectivity index (χ0) is 18.3. The molecule has 0 saturated heterocycles. The van der Waals surface area contributed by atoms with Gasteiger partial charge in [-0.3, -0.25) is 0 Å². The minimum atomic E-state index is -0.652. The number of rotatable bonds is 2. The molecule has 0 aliphatic heterocycles. The molecule has 0 atom stereocenters. The lowest BCUT2D eigenvalue weighted by Gasteiger charge is -2.15. The third-order valence-corrected chi connectivity index (χ3v) is 5.38. The van der Waals surface area contributed by atoms with Crippen LogP contribution in [-0.2, 0) is 18.3 Å². The summed E-state index contributed by atoms with van der Waals surface area (Å²) in [5.74, 6) is -0.652. The molecule has 26 heavy (non-hydrogen) atoms. The Morgan fingerprint density at radius 3 is 2.58 bits per heavy atom. The standard InChI is InChI=1S/C20H16Cl2N2O2/c1-24-16-10-3-2-6-12(16)18-15(9-5-11-17(18)24)23-26-20(25)19-13(21)7-4-8-14(19)22/h2-4,6-8,10H,5,9,11H2,1H3. The average Bonchev–Trinajstić information content (AvgIpc) is 2.93. The Hall–Kier alpha value is -2.30. The van der Waals surface area contributed by atoms with Crippen molar-refractivity contribution in [3.05, 3.63) is 69.3 Å². The molecule has 1 heterocycles. The molecule has 0 saturated carbocycles. The van der Waals surface area contributed by atoms with Gasteiger partial charge in [0.25, 0.3) is 0 Å². The van der Waals surface area contributed by atoms with Crippen LogP contribution in [0.3, 0.4) is 0 Å². The van der Waals surface area contributed by atoms with Crippen LogP contribution in [0, 0.1) is 0 Å². The Kier molecular flexibility index (Phi) is 4.47. The van der Waals surface area contributed by atoms with Crippen molar-refractivity contribution >= 4 is 45.8 Å². The Labute approximate surface area is 161 Å². The fourth-order valence-corrected chi connectivity index (χ4v) is 4.09. The number of fused-ring (bicyclic) bond motifs is 3. The zero-order valence-electron chi connectivity index (χ0n) is 14.1. The maximum atomic E-state index is 12.4. The van der Waals surface area contributed by atoms with Gasteiger partial charge in [-0.25, -0.2) is 4.79 Å². The van der Waals surface area contributed by atoms with E-state index in [1.807, 2.05) is 12.1 Å². The van der Waals surface area contributed by atoms with E-state index in [0.717, 1.165) is 41.4 Å². The van der Waals surface area contributed by atoms with Crippen LogP contribution < -0.4 is 0 Å². The van der Waals surface area contributed by atoms with Crippen LogP contribution in [0.2, 0.25) is 10.0 Å². The summed E-state index contributed by atoms with van der Waals surface area (Å²) in [5, 5.41) is 5.80. The molecule has 0 N–H and O–H groups in total. The van der Waals surface area contributed by atoms with Crippen LogP contribution >= 0.6 is 23.2 Å². The smallest absolute Gasteiger partial charge is 0.347 e. The Morgan fingerprint density at radius 1 is 1.08 bits per heavy atom. The minimum absolute atomic E-state index is 0.133. The van der Waals surface area contributed by atoms with Crippen LogP contribution in [-0.4, -0.2) is 16.2 Å². The summed E-state index contributed by atoms with van der Waals surface area (Å²) in [7, 11) is 2.06. The molecular formula is C20H16Cl2N2O2. The number of hydrogen-bond acceptors (Lipinski definition) is 3. The SMILES string of the molecule is Cn1c2c(c3ccccc31)C(=NOC(=O)c1c(Cl)cccc1Cl)CCC2. The average molecular weight is 387 g/mol. The highest BCUT2D eigenvalue weighted by Crippen LogP contribution is 2.32. The molecule has 0 spiro atoms. The number of carbonyl (C=O) groups is 1. The lowest BCUT2D eigenvalue weighted by molar-refractivity contribution is 0.0516. The van der Waals surface area contributed by atoms with Crippen LogP contribution in [0.4, 0.5) is 0 Å². The molecule has 4 rings (SSSR count). The highest BCUT2D eigenvalue weighted by Gasteiger charge is 2.24. The third kappa shape index (κ3) is 2.79. The molecule has 4 nitrogen and oxygen atoms in total. The van der Waals surface area contributed by atoms with Crippen molar-refractivity contribution < 1.29 is 9.63 Å². The summed E-state index contributed by atoms with van der Waals surface area (Å²) in [6.45, 7) is 0. The summed E-state index contributed by atoms with van der Waals surface area (Å²) in [4.78, 5) is 17.6. The molecule has 6 heteroatoms. The predicted molar refractivity (Wildman–Crippen MR) is 104 cm³/mol. The van der Waals surface area contributed by atoms with E-state index in [9.17, 15) is 4.79 Å². The first-order chi connectivity index (χ1) is 12.6. The summed E-state index contributed by atoms with van der Waals surface area (Å²) in [6, 6.07) is 13.1. The lowest BCUT2D eigenvalue weighted by Crippen LogP contribution is -2.14. The van der Waals surface area contributed by atoms with Gasteiger partial charge in [-0.2, -0.15) is 0 Å². The second-order valence-corrected chi connectivity index (χ2v) is 7.08. The number of nitrogens with zero attached hydrogens (tertiary/aromatic N) is 2. The van der Waals surface area contributed by atoms with Crippen molar-refractivity contribution in [2.75, 3.05) is 0 Å². The highest BCUT2D eigenvalue weighted by molar-refractivity contribution is 6.39. The normalized spacial score (nSPS) is 15.3. The molecule has 0 amide bonds. The molecule has 1 aromatic heterocycles. The van der Waals surface area contributed by atoms with E-state index in [4.69, 9.17) is 28.0 Å². The van der Waals surface area contributed by atoms with Gasteiger partial charge in [0, 0.05) is 29.2 Å². The highest BCUT2D eigenvalue weighted by atomic mass is 35.5. The van der Waals surface area contributed by atoms with Gasteiger partial charge in [-0.15, -0.1) is 0 Å². The maximum Gasteiger partial charge on any atom is 0.368 e. The number of aryl methyl sites for hydroxylation is 1. The van der Waals surface area contributed by atoms with Gasteiger partial charge in [-0.05, 0) is 37.5 Å². The Balaban J connectivity index is 1.73. The molecule has 0 unspecified atom stereocenters. The van der Waals surface area contributed by atoms with Crippen LogP contribution in [0.15, 0.2) is 47.6 Å². The monoisotopic (exact) mass is 386 g/mol. The largest absolute Gasteiger partial charge is 0.368 e. The first-order valence-electron chi connectivity index (χ1n) is 8.37. The molecule has 3 aromatic rings. The van der Waals surface area contributed by atoms with Crippen LogP contribution in [0.25, 0.3) is 10.9 Å². The summed E-state index contributed by atoms with van der Waals surface area (Å²) in [5.41, 5.74) is 4.33. The van der Waals surface area contributed by atoms with Crippen molar-refractivity contribution in [3.63, 3.8) is 0 Å². The van der Waals surface area contributed by atoms with Crippen LogP contribution in [0.1, 0.15) is 34.5 Å². The van der Waals surface area contributed by atoms with Crippen LogP contribution in [0.5, 0.6) is 0 Å². The summed E-state index contributed by atoms with van der Waals surface area (Å²) in [6.07, 6.45) is 2.69. The van der Waals surface area contributed by atoms with Crippen molar-refractivity contribution in [2.24, 2.45) is 12.2 Å². The molecule has 132 valence electrons. The molecule has 0 fully saturated rings. The molecule has 1 aliphatic carbocycles. The van der Waals surface area contributed by atoms with Gasteiger partial charge in [0.05, 0.1) is 21.3 Å². The second-order valence-electron chi connectivity index (χ2n) is 6.26. The first kappa shape index (κ1) is 17.1. The number of carbonyl (C=O) groups excluding carboxylic acids is 1. The van der Waals surface area contributed by atoms with E-state index in [-0.39, 0.29) is 15.6 Å². The number of hydrogen-bond donors (Lipinski definition) is 0. The van der Waals surface area contributed by atoms with E-state index in [0.29, 0.717) is 0 Å². The van der Waals surface area contributed by atoms with E-state index in [1.165, 1.54) is 5.69 Å². The maximum absolute atomic E-state index is 12.4. The molecule has 0 bridgehead atoms. The zero-order valence-corrected chi connectivity index (χ0v) is 15.6. The van der Waals surface area contributed by atoms with E-state index >= 15 is 0 Å². The van der Waals surface area contributed by atoms with Gasteiger partial charge in [0.1, 0.15) is 0 Å². The van der Waals surface area contributed by atoms with Gasteiger partial charge in [-0.1, -0.05) is 52.6 Å². The molecule has 1 aliphatic rings. The van der Waals surface area contributed by atoms with E-state index in [1.54, 1.807) is 18.2 Å². The first-order valence-corrected chi connectivity index (χ1v) is 9.12. The molecular weight excluding hydrogens is 371 g/mol. The Bertz CT molecular complexity index is 1030. The van der Waals surface area contributed by atoms with Gasteiger partial charge >= 0.3 is 5.97 Å². The predicted octanol–water partition coefficient (Wildman–Crippen LogP) is 5.38. The number of oxime groups is 1. The third-order valence-electron chi connectivity index (χ3n) is 4.75. The number of benzene rings is 2. The number of para-hydroxylation sites is 1. The Morgan fingerprint density at radius 2 is 1.81 bits per heavy atom. The molecule has 2 aromatic carbocycles. The van der Waals surface area contributed by atoms with Crippen molar-refractivity contribution in [1.29, 1.82) is 0 Å². The van der Waals surface area contributed by atoms with Crippen molar-refractivity contribution in [3.8, 4) is 0 Å². The lowest BCUT2D eigenvalue weighted by atomic mass is 9.93. The topological polar surface area (TPSA) is 43.6 Å². The van der Waals surface area contributed by atoms with Gasteiger partial charge in [0.2, 0.25) is 0 Å². The number of aromatic nitrogens is 1. The van der Waals surface area contributed by atoms with Crippen molar-refractivity contribution in [2.45, 2.75) is 19.3 Å². The van der Waals surface area contributed by atoms with Crippen molar-refractivity contribution in [1.82, 2.24) is 4.57 Å². The quantitative estimate of drug-likeness (QED) is 0.438.